The van der Waals surface area contributed by atoms with Gasteiger partial charge in [0, 0.05) is 31.6 Å². The summed E-state index contributed by atoms with van der Waals surface area (Å²) in [5, 5.41) is 8.97. The molecule has 6 nitrogen and oxygen atoms in total. The molecule has 0 aliphatic carbocycles. The highest BCUT2D eigenvalue weighted by Gasteiger charge is 2.22. The van der Waals surface area contributed by atoms with Crippen molar-refractivity contribution in [1.82, 2.24) is 16.0 Å². The molecule has 0 aromatic rings. The minimum Gasteiger partial charge on any atom is -0.444 e. The second-order valence-electron chi connectivity index (χ2n) is 6.32. The van der Waals surface area contributed by atoms with Crippen LogP contribution < -0.4 is 16.0 Å². The molecule has 2 atom stereocenters. The molecule has 1 heterocycles. The molecule has 116 valence electrons. The Morgan fingerprint density at radius 1 is 1.45 bits per heavy atom. The lowest BCUT2D eigenvalue weighted by molar-refractivity contribution is -0.119. The van der Waals surface area contributed by atoms with Crippen molar-refractivity contribution >= 4 is 12.0 Å². The van der Waals surface area contributed by atoms with E-state index in [1.54, 1.807) is 0 Å². The van der Waals surface area contributed by atoms with Crippen LogP contribution in [0.15, 0.2) is 0 Å². The number of carbonyl (C=O) groups excluding carboxylic acids is 2. The maximum atomic E-state index is 11.4. The lowest BCUT2D eigenvalue weighted by atomic mass is 10.1. The van der Waals surface area contributed by atoms with Gasteiger partial charge in [-0.05, 0) is 40.5 Å². The summed E-state index contributed by atoms with van der Waals surface area (Å²) in [5.74, 6) is 0.147. The lowest BCUT2D eigenvalue weighted by Gasteiger charge is -2.20. The SMILES string of the molecule is CC(CC1CCC(=O)N1)NCCNC(=O)OC(C)(C)C. The molecule has 2 unspecified atom stereocenters. The fourth-order valence-corrected chi connectivity index (χ4v) is 2.16. The van der Waals surface area contributed by atoms with Crippen LogP contribution in [0.4, 0.5) is 4.79 Å². The van der Waals surface area contributed by atoms with Gasteiger partial charge in [0.1, 0.15) is 5.60 Å². The van der Waals surface area contributed by atoms with E-state index in [0.717, 1.165) is 12.8 Å². The van der Waals surface area contributed by atoms with Crippen LogP contribution in [-0.4, -0.2) is 42.8 Å². The fourth-order valence-electron chi connectivity index (χ4n) is 2.16. The quantitative estimate of drug-likeness (QED) is 0.640. The molecule has 1 rings (SSSR count). The molecule has 0 aromatic carbocycles. The molecule has 0 bridgehead atoms. The maximum absolute atomic E-state index is 11.4. The van der Waals surface area contributed by atoms with Crippen LogP contribution >= 0.6 is 0 Å². The highest BCUT2D eigenvalue weighted by atomic mass is 16.6. The lowest BCUT2D eigenvalue weighted by Crippen LogP contribution is -2.40. The number of nitrogens with one attached hydrogen (secondary N) is 3. The zero-order valence-corrected chi connectivity index (χ0v) is 12.9. The first-order chi connectivity index (χ1) is 9.26. The summed E-state index contributed by atoms with van der Waals surface area (Å²) in [6.45, 7) is 8.80. The molecule has 6 heteroatoms. The van der Waals surface area contributed by atoms with Crippen molar-refractivity contribution in [2.45, 2.75) is 64.6 Å². The third-order valence-electron chi connectivity index (χ3n) is 3.01. The van der Waals surface area contributed by atoms with Gasteiger partial charge in [0.05, 0.1) is 0 Å². The van der Waals surface area contributed by atoms with Crippen LogP contribution in [-0.2, 0) is 9.53 Å². The Bertz CT molecular complexity index is 339. The van der Waals surface area contributed by atoms with Crippen molar-refractivity contribution in [2.24, 2.45) is 0 Å². The van der Waals surface area contributed by atoms with Crippen LogP contribution in [0.25, 0.3) is 0 Å². The fraction of sp³-hybridized carbons (Fsp3) is 0.857. The minimum atomic E-state index is -0.467. The van der Waals surface area contributed by atoms with Gasteiger partial charge >= 0.3 is 6.09 Å². The zero-order chi connectivity index (χ0) is 15.2. The Hall–Kier alpha value is -1.30. The van der Waals surface area contributed by atoms with Crippen LogP contribution in [0.5, 0.6) is 0 Å². The van der Waals surface area contributed by atoms with Gasteiger partial charge in [0.15, 0.2) is 0 Å². The Kier molecular flexibility index (Phi) is 6.26. The molecule has 0 radical (unpaired) electrons. The summed E-state index contributed by atoms with van der Waals surface area (Å²) < 4.78 is 5.14. The predicted octanol–water partition coefficient (Wildman–Crippen LogP) is 1.16. The van der Waals surface area contributed by atoms with Crippen molar-refractivity contribution in [3.8, 4) is 0 Å². The van der Waals surface area contributed by atoms with E-state index < -0.39 is 11.7 Å². The van der Waals surface area contributed by atoms with Crippen LogP contribution in [0.3, 0.4) is 0 Å². The van der Waals surface area contributed by atoms with E-state index in [4.69, 9.17) is 4.74 Å². The normalized spacial score (nSPS) is 20.4. The van der Waals surface area contributed by atoms with Gasteiger partial charge in [-0.15, -0.1) is 0 Å². The van der Waals surface area contributed by atoms with Crippen molar-refractivity contribution in [3.05, 3.63) is 0 Å². The molecule has 1 fully saturated rings. The van der Waals surface area contributed by atoms with Gasteiger partial charge in [0.25, 0.3) is 0 Å². The third kappa shape index (κ3) is 7.33. The van der Waals surface area contributed by atoms with Crippen molar-refractivity contribution in [1.29, 1.82) is 0 Å². The van der Waals surface area contributed by atoms with Crippen molar-refractivity contribution in [3.63, 3.8) is 0 Å². The molecular formula is C14H27N3O3. The second kappa shape index (κ2) is 7.47. The van der Waals surface area contributed by atoms with Crippen LogP contribution in [0.1, 0.15) is 47.0 Å². The number of rotatable bonds is 6. The van der Waals surface area contributed by atoms with E-state index in [1.165, 1.54) is 0 Å². The van der Waals surface area contributed by atoms with Gasteiger partial charge in [0.2, 0.25) is 5.91 Å². The third-order valence-corrected chi connectivity index (χ3v) is 3.01. The number of carbonyl (C=O) groups is 2. The molecular weight excluding hydrogens is 258 g/mol. The number of ether oxygens (including phenoxy) is 1. The summed E-state index contributed by atoms with van der Waals surface area (Å²) in [5.41, 5.74) is -0.467. The molecule has 0 aromatic heterocycles. The average Bonchev–Trinajstić information content (AvgIpc) is 2.68. The molecule has 2 amide bonds. The Balaban J connectivity index is 2.06. The van der Waals surface area contributed by atoms with Crippen molar-refractivity contribution < 1.29 is 14.3 Å². The first kappa shape index (κ1) is 16.8. The smallest absolute Gasteiger partial charge is 0.407 e. The molecule has 1 aliphatic heterocycles. The van der Waals surface area contributed by atoms with Crippen LogP contribution in [0, 0.1) is 0 Å². The van der Waals surface area contributed by atoms with E-state index in [2.05, 4.69) is 22.9 Å². The second-order valence-corrected chi connectivity index (χ2v) is 6.32. The van der Waals surface area contributed by atoms with Crippen molar-refractivity contribution in [2.75, 3.05) is 13.1 Å². The summed E-state index contributed by atoms with van der Waals surface area (Å²) in [6.07, 6.45) is 2.08. The van der Waals surface area contributed by atoms with Crippen LogP contribution in [0.2, 0.25) is 0 Å². The Labute approximate surface area is 121 Å². The highest BCUT2D eigenvalue weighted by molar-refractivity contribution is 5.78. The highest BCUT2D eigenvalue weighted by Crippen LogP contribution is 2.11. The number of hydrogen-bond acceptors (Lipinski definition) is 4. The first-order valence-electron chi connectivity index (χ1n) is 7.26. The summed E-state index contributed by atoms with van der Waals surface area (Å²) in [6, 6.07) is 0.586. The Morgan fingerprint density at radius 3 is 2.70 bits per heavy atom. The molecule has 0 spiro atoms. The van der Waals surface area contributed by atoms with E-state index in [9.17, 15) is 9.59 Å². The largest absolute Gasteiger partial charge is 0.444 e. The minimum absolute atomic E-state index is 0.147. The maximum Gasteiger partial charge on any atom is 0.407 e. The molecule has 0 saturated carbocycles. The summed E-state index contributed by atoms with van der Waals surface area (Å²) >= 11 is 0. The van der Waals surface area contributed by atoms with E-state index in [1.807, 2.05) is 20.8 Å². The number of amides is 2. The van der Waals surface area contributed by atoms with Gasteiger partial charge in [-0.2, -0.15) is 0 Å². The molecule has 1 aliphatic rings. The average molecular weight is 285 g/mol. The van der Waals surface area contributed by atoms with Gasteiger partial charge < -0.3 is 20.7 Å². The molecule has 3 N–H and O–H groups in total. The van der Waals surface area contributed by atoms with Gasteiger partial charge in [-0.3, -0.25) is 4.79 Å². The predicted molar refractivity (Wildman–Crippen MR) is 77.5 cm³/mol. The van der Waals surface area contributed by atoms with E-state index in [-0.39, 0.29) is 11.9 Å². The van der Waals surface area contributed by atoms with E-state index in [0.29, 0.717) is 25.6 Å². The van der Waals surface area contributed by atoms with Gasteiger partial charge in [-0.1, -0.05) is 0 Å². The van der Waals surface area contributed by atoms with E-state index >= 15 is 0 Å². The van der Waals surface area contributed by atoms with Gasteiger partial charge in [-0.25, -0.2) is 4.79 Å². The first-order valence-corrected chi connectivity index (χ1v) is 7.26. The topological polar surface area (TPSA) is 79.5 Å². The number of alkyl carbamates (subject to hydrolysis) is 1. The summed E-state index contributed by atoms with van der Waals surface area (Å²) in [4.78, 5) is 22.5. The Morgan fingerprint density at radius 2 is 2.15 bits per heavy atom. The standard InChI is InChI=1S/C14H27N3O3/c1-10(9-11-5-6-12(18)17-11)15-7-8-16-13(19)20-14(2,3)4/h10-11,15H,5-9H2,1-4H3,(H,16,19)(H,17,18). The monoisotopic (exact) mass is 285 g/mol. The zero-order valence-electron chi connectivity index (χ0n) is 12.9. The molecule has 20 heavy (non-hydrogen) atoms. The molecule has 1 saturated heterocycles. The summed E-state index contributed by atoms with van der Waals surface area (Å²) in [7, 11) is 0. The number of hydrogen-bond donors (Lipinski definition) is 3.